The van der Waals surface area contributed by atoms with Gasteiger partial charge >= 0.3 is 0 Å². The molecule has 1 saturated heterocycles. The largest absolute Gasteiger partial charge is 0.158 e. The van der Waals surface area contributed by atoms with Crippen molar-refractivity contribution in [3.63, 3.8) is 0 Å². The van der Waals surface area contributed by atoms with Crippen molar-refractivity contribution >= 4 is 22.5 Å². The van der Waals surface area contributed by atoms with Crippen LogP contribution in [0.15, 0.2) is 42.5 Å². The molecule has 0 nitrogen and oxygen atoms in total. The molecule has 1 unspecified atom stereocenters. The fraction of sp³-hybridized carbons (Fsp3) is 0.333. The van der Waals surface area contributed by atoms with Gasteiger partial charge in [-0.1, -0.05) is 42.5 Å². The van der Waals surface area contributed by atoms with E-state index in [9.17, 15) is 0 Å². The van der Waals surface area contributed by atoms with E-state index in [0.29, 0.717) is 0 Å². The van der Waals surface area contributed by atoms with Crippen molar-refractivity contribution in [1.82, 2.24) is 0 Å². The lowest BCUT2D eigenvalue weighted by molar-refractivity contribution is 0.780. The number of thioether (sulfide) groups is 1. The van der Waals surface area contributed by atoms with Crippen LogP contribution in [0.5, 0.6) is 0 Å². The zero-order valence-corrected chi connectivity index (χ0v) is 10.2. The Bertz CT molecular complexity index is 478. The molecule has 1 atom stereocenters. The van der Waals surface area contributed by atoms with Crippen LogP contribution >= 0.6 is 11.8 Å². The first-order chi connectivity index (χ1) is 7.93. The summed E-state index contributed by atoms with van der Waals surface area (Å²) < 4.78 is 0. The van der Waals surface area contributed by atoms with Gasteiger partial charge in [0.15, 0.2) is 0 Å². The SMILES string of the molecule is c1ccc2c(CC3CCCS3)cccc2c1. The van der Waals surface area contributed by atoms with E-state index in [4.69, 9.17) is 0 Å². The van der Waals surface area contributed by atoms with Crippen LogP contribution in [0.3, 0.4) is 0 Å². The highest BCUT2D eigenvalue weighted by Crippen LogP contribution is 2.31. The Labute approximate surface area is 101 Å². The van der Waals surface area contributed by atoms with Gasteiger partial charge < -0.3 is 0 Å². The van der Waals surface area contributed by atoms with Gasteiger partial charge in [0.05, 0.1) is 0 Å². The predicted octanol–water partition coefficient (Wildman–Crippen LogP) is 4.28. The van der Waals surface area contributed by atoms with Crippen LogP contribution in [0.2, 0.25) is 0 Å². The third-order valence-corrected chi connectivity index (χ3v) is 4.75. The number of hydrogen-bond acceptors (Lipinski definition) is 1. The van der Waals surface area contributed by atoms with Crippen LogP contribution in [-0.2, 0) is 6.42 Å². The van der Waals surface area contributed by atoms with Crippen LogP contribution in [0, 0.1) is 0 Å². The molecule has 0 spiro atoms. The van der Waals surface area contributed by atoms with Gasteiger partial charge in [0.2, 0.25) is 0 Å². The highest BCUT2D eigenvalue weighted by atomic mass is 32.2. The average Bonchev–Trinajstić information content (AvgIpc) is 2.82. The molecule has 1 heteroatoms. The Balaban J connectivity index is 1.96. The normalized spacial score (nSPS) is 20.4. The van der Waals surface area contributed by atoms with Gasteiger partial charge in [-0.2, -0.15) is 11.8 Å². The van der Waals surface area contributed by atoms with Crippen LogP contribution in [0.4, 0.5) is 0 Å². The summed E-state index contributed by atoms with van der Waals surface area (Å²) in [6, 6.07) is 15.4. The van der Waals surface area contributed by atoms with Gasteiger partial charge in [0.1, 0.15) is 0 Å². The molecule has 2 aromatic rings. The first-order valence-corrected chi connectivity index (χ1v) is 7.06. The van der Waals surface area contributed by atoms with E-state index in [-0.39, 0.29) is 0 Å². The van der Waals surface area contributed by atoms with Crippen molar-refractivity contribution in [1.29, 1.82) is 0 Å². The third kappa shape index (κ3) is 1.97. The van der Waals surface area contributed by atoms with Crippen molar-refractivity contribution in [2.24, 2.45) is 0 Å². The first kappa shape index (κ1) is 10.2. The molecule has 0 N–H and O–H groups in total. The molecule has 0 bridgehead atoms. The molecule has 2 aromatic carbocycles. The van der Waals surface area contributed by atoms with Crippen LogP contribution in [-0.4, -0.2) is 11.0 Å². The van der Waals surface area contributed by atoms with Gasteiger partial charge in [-0.15, -0.1) is 0 Å². The molecular formula is C15H16S. The van der Waals surface area contributed by atoms with E-state index in [2.05, 4.69) is 54.2 Å². The predicted molar refractivity (Wildman–Crippen MR) is 73.1 cm³/mol. The van der Waals surface area contributed by atoms with Crippen molar-refractivity contribution < 1.29 is 0 Å². The van der Waals surface area contributed by atoms with Crippen LogP contribution < -0.4 is 0 Å². The minimum absolute atomic E-state index is 0.853. The molecule has 1 aliphatic heterocycles. The average molecular weight is 228 g/mol. The molecule has 1 fully saturated rings. The Morgan fingerprint density at radius 3 is 2.81 bits per heavy atom. The summed E-state index contributed by atoms with van der Waals surface area (Å²) in [4.78, 5) is 0. The minimum atomic E-state index is 0.853. The standard InChI is InChI=1S/C15H16S/c1-2-9-15-12(5-1)6-3-7-13(15)11-14-8-4-10-16-14/h1-3,5-7,9,14H,4,8,10-11H2. The Kier molecular flexibility index (Phi) is 2.88. The lowest BCUT2D eigenvalue weighted by atomic mass is 10.00. The lowest BCUT2D eigenvalue weighted by Crippen LogP contribution is -2.02. The fourth-order valence-corrected chi connectivity index (χ4v) is 3.82. The summed E-state index contributed by atoms with van der Waals surface area (Å²) in [6.45, 7) is 0. The fourth-order valence-electron chi connectivity index (χ4n) is 2.52. The van der Waals surface area contributed by atoms with E-state index in [1.165, 1.54) is 41.4 Å². The molecule has 1 heterocycles. The highest BCUT2D eigenvalue weighted by molar-refractivity contribution is 8.00. The maximum absolute atomic E-state index is 2.29. The smallest absolute Gasteiger partial charge is 0.00879 e. The third-order valence-electron chi connectivity index (χ3n) is 3.35. The molecule has 0 aromatic heterocycles. The lowest BCUT2D eigenvalue weighted by Gasteiger charge is -2.11. The Hall–Kier alpha value is -0.950. The van der Waals surface area contributed by atoms with E-state index >= 15 is 0 Å². The van der Waals surface area contributed by atoms with E-state index in [0.717, 1.165) is 5.25 Å². The van der Waals surface area contributed by atoms with E-state index < -0.39 is 0 Å². The molecular weight excluding hydrogens is 212 g/mol. The van der Waals surface area contributed by atoms with Gasteiger partial charge in [-0.05, 0) is 41.4 Å². The molecule has 0 aliphatic carbocycles. The molecule has 1 aliphatic rings. The second-order valence-electron chi connectivity index (χ2n) is 4.48. The molecule has 82 valence electrons. The molecule has 16 heavy (non-hydrogen) atoms. The minimum Gasteiger partial charge on any atom is -0.158 e. The number of fused-ring (bicyclic) bond motifs is 1. The van der Waals surface area contributed by atoms with Crippen molar-refractivity contribution in [2.45, 2.75) is 24.5 Å². The highest BCUT2D eigenvalue weighted by Gasteiger charge is 2.16. The van der Waals surface area contributed by atoms with Crippen LogP contribution in [0.25, 0.3) is 10.8 Å². The second kappa shape index (κ2) is 4.50. The molecule has 0 radical (unpaired) electrons. The number of hydrogen-bond donors (Lipinski definition) is 0. The Morgan fingerprint density at radius 1 is 1.06 bits per heavy atom. The Morgan fingerprint density at radius 2 is 1.94 bits per heavy atom. The summed E-state index contributed by atoms with van der Waals surface area (Å²) in [5, 5.41) is 3.67. The summed E-state index contributed by atoms with van der Waals surface area (Å²) in [5.74, 6) is 1.36. The second-order valence-corrected chi connectivity index (χ2v) is 5.89. The molecule has 3 rings (SSSR count). The van der Waals surface area contributed by atoms with Gasteiger partial charge in [-0.25, -0.2) is 0 Å². The summed E-state index contributed by atoms with van der Waals surface area (Å²) >= 11 is 2.15. The maximum Gasteiger partial charge on any atom is 0.00879 e. The first-order valence-electron chi connectivity index (χ1n) is 6.02. The monoisotopic (exact) mass is 228 g/mol. The van der Waals surface area contributed by atoms with Gasteiger partial charge in [-0.3, -0.25) is 0 Å². The summed E-state index contributed by atoms with van der Waals surface area (Å²) in [6.07, 6.45) is 4.04. The maximum atomic E-state index is 2.29. The van der Waals surface area contributed by atoms with E-state index in [1.807, 2.05) is 0 Å². The van der Waals surface area contributed by atoms with Crippen molar-refractivity contribution in [3.05, 3.63) is 48.0 Å². The number of benzene rings is 2. The zero-order valence-electron chi connectivity index (χ0n) is 9.36. The summed E-state index contributed by atoms with van der Waals surface area (Å²) in [5.41, 5.74) is 1.53. The van der Waals surface area contributed by atoms with Gasteiger partial charge in [0, 0.05) is 5.25 Å². The summed E-state index contributed by atoms with van der Waals surface area (Å²) in [7, 11) is 0. The quantitative estimate of drug-likeness (QED) is 0.739. The molecule has 0 amide bonds. The van der Waals surface area contributed by atoms with Crippen molar-refractivity contribution in [2.75, 3.05) is 5.75 Å². The van der Waals surface area contributed by atoms with Gasteiger partial charge in [0.25, 0.3) is 0 Å². The topological polar surface area (TPSA) is 0 Å². The number of rotatable bonds is 2. The zero-order chi connectivity index (χ0) is 10.8. The molecule has 0 saturated carbocycles. The van der Waals surface area contributed by atoms with Crippen LogP contribution in [0.1, 0.15) is 18.4 Å². The van der Waals surface area contributed by atoms with Crippen molar-refractivity contribution in [3.8, 4) is 0 Å². The van der Waals surface area contributed by atoms with E-state index in [1.54, 1.807) is 0 Å².